The maximum absolute atomic E-state index is 12.6. The molecule has 1 aliphatic carbocycles. The minimum absolute atomic E-state index is 0.0446. The number of H-pyrrole nitrogens is 1. The van der Waals surface area contributed by atoms with E-state index in [0.717, 1.165) is 24.2 Å². The van der Waals surface area contributed by atoms with E-state index >= 15 is 0 Å². The average molecular weight is 282 g/mol. The van der Waals surface area contributed by atoms with Gasteiger partial charge in [-0.1, -0.05) is 32.0 Å². The Hall–Kier alpha value is -2.36. The molecule has 0 radical (unpaired) electrons. The molecule has 1 amide bonds. The van der Waals surface area contributed by atoms with Crippen molar-refractivity contribution in [3.05, 3.63) is 53.3 Å². The molecule has 2 N–H and O–H groups in total. The fraction of sp³-hybridized carbons (Fsp3) is 0.294. The number of benzene rings is 1. The summed E-state index contributed by atoms with van der Waals surface area (Å²) in [5.41, 5.74) is 2.18. The van der Waals surface area contributed by atoms with Crippen LogP contribution in [0, 0.1) is 5.41 Å². The zero-order valence-corrected chi connectivity index (χ0v) is 12.2. The fourth-order valence-electron chi connectivity index (χ4n) is 2.71. The lowest BCUT2D eigenvalue weighted by Gasteiger charge is -2.28. The Morgan fingerprint density at radius 1 is 1.24 bits per heavy atom. The Bertz CT molecular complexity index is 699. The van der Waals surface area contributed by atoms with Gasteiger partial charge in [0, 0.05) is 23.0 Å². The number of aromatic amines is 1. The molecule has 0 spiro atoms. The second-order valence-electron chi connectivity index (χ2n) is 6.09. The molecule has 1 aromatic carbocycles. The molecule has 0 aliphatic heterocycles. The van der Waals surface area contributed by atoms with E-state index in [9.17, 15) is 9.59 Å². The quantitative estimate of drug-likeness (QED) is 0.886. The molecule has 1 heterocycles. The van der Waals surface area contributed by atoms with E-state index < -0.39 is 5.41 Å². The van der Waals surface area contributed by atoms with Crippen LogP contribution in [-0.4, -0.2) is 16.7 Å². The van der Waals surface area contributed by atoms with Crippen molar-refractivity contribution in [1.82, 2.24) is 4.98 Å². The Balaban J connectivity index is 1.93. The largest absolute Gasteiger partial charge is 0.364 e. The third-order valence-corrected chi connectivity index (χ3v) is 4.08. The summed E-state index contributed by atoms with van der Waals surface area (Å²) in [5.74, 6) is -0.201. The molecule has 2 aromatic rings. The molecule has 3 rings (SSSR count). The van der Waals surface area contributed by atoms with Crippen LogP contribution in [0.5, 0.6) is 0 Å². The number of hydrogen-bond donors (Lipinski definition) is 2. The number of anilines is 1. The van der Waals surface area contributed by atoms with Gasteiger partial charge in [-0.3, -0.25) is 9.59 Å². The van der Waals surface area contributed by atoms with E-state index in [1.165, 1.54) is 0 Å². The molecule has 0 bridgehead atoms. The van der Waals surface area contributed by atoms with Crippen LogP contribution in [-0.2, 0) is 6.42 Å². The van der Waals surface area contributed by atoms with Crippen LogP contribution in [0.3, 0.4) is 0 Å². The Kier molecular flexibility index (Phi) is 3.16. The van der Waals surface area contributed by atoms with Gasteiger partial charge in [-0.25, -0.2) is 0 Å². The molecule has 108 valence electrons. The fourth-order valence-corrected chi connectivity index (χ4v) is 2.71. The standard InChI is InChI=1S/C17H18N2O2/c1-17(2)9-8-13-14(15(17)20)12(10-18-13)16(21)19-11-6-4-3-5-7-11/h3-7,10,18H,8-9H2,1-2H3,(H,19,21). The van der Waals surface area contributed by atoms with Crippen molar-refractivity contribution < 1.29 is 9.59 Å². The number of fused-ring (bicyclic) bond motifs is 1. The van der Waals surface area contributed by atoms with E-state index in [1.807, 2.05) is 44.2 Å². The summed E-state index contributed by atoms with van der Waals surface area (Å²) in [4.78, 5) is 28.1. The van der Waals surface area contributed by atoms with Crippen LogP contribution in [0.15, 0.2) is 36.5 Å². The van der Waals surface area contributed by atoms with Crippen LogP contribution in [0.1, 0.15) is 46.7 Å². The number of hydrogen-bond acceptors (Lipinski definition) is 2. The molecule has 21 heavy (non-hydrogen) atoms. The van der Waals surface area contributed by atoms with Crippen LogP contribution in [0.4, 0.5) is 5.69 Å². The summed E-state index contributed by atoms with van der Waals surface area (Å²) in [6.45, 7) is 3.87. The maximum atomic E-state index is 12.6. The molecular weight excluding hydrogens is 264 g/mol. The van der Waals surface area contributed by atoms with Gasteiger partial charge in [-0.15, -0.1) is 0 Å². The summed E-state index contributed by atoms with van der Waals surface area (Å²) in [6.07, 6.45) is 3.24. The molecule has 0 fully saturated rings. The lowest BCUT2D eigenvalue weighted by molar-refractivity contribution is 0.0805. The first-order valence-corrected chi connectivity index (χ1v) is 7.10. The molecular formula is C17H18N2O2. The van der Waals surface area contributed by atoms with E-state index in [0.29, 0.717) is 11.1 Å². The van der Waals surface area contributed by atoms with Crippen molar-refractivity contribution in [1.29, 1.82) is 0 Å². The molecule has 0 atom stereocenters. The third kappa shape index (κ3) is 2.37. The van der Waals surface area contributed by atoms with Gasteiger partial charge in [0.15, 0.2) is 5.78 Å². The molecule has 0 unspecified atom stereocenters. The van der Waals surface area contributed by atoms with Gasteiger partial charge >= 0.3 is 0 Å². The first kappa shape index (κ1) is 13.6. The van der Waals surface area contributed by atoms with Crippen LogP contribution in [0.25, 0.3) is 0 Å². The minimum atomic E-state index is -0.406. The third-order valence-electron chi connectivity index (χ3n) is 4.08. The van der Waals surface area contributed by atoms with Gasteiger partial charge in [0.1, 0.15) is 0 Å². The second kappa shape index (κ2) is 4.88. The normalized spacial score (nSPS) is 16.4. The predicted octanol–water partition coefficient (Wildman–Crippen LogP) is 3.42. The number of rotatable bonds is 2. The monoisotopic (exact) mass is 282 g/mol. The SMILES string of the molecule is CC1(C)CCc2[nH]cc(C(=O)Nc3ccccc3)c2C1=O. The van der Waals surface area contributed by atoms with Crippen molar-refractivity contribution in [2.75, 3.05) is 5.32 Å². The zero-order chi connectivity index (χ0) is 15.0. The van der Waals surface area contributed by atoms with Crippen molar-refractivity contribution >= 4 is 17.4 Å². The summed E-state index contributed by atoms with van der Waals surface area (Å²) in [7, 11) is 0. The highest BCUT2D eigenvalue weighted by molar-refractivity contribution is 6.15. The summed E-state index contributed by atoms with van der Waals surface area (Å²) < 4.78 is 0. The number of nitrogens with one attached hydrogen (secondary N) is 2. The molecule has 4 heteroatoms. The number of aryl methyl sites for hydroxylation is 1. The van der Waals surface area contributed by atoms with Crippen LogP contribution < -0.4 is 5.32 Å². The first-order chi connectivity index (χ1) is 9.99. The molecule has 4 nitrogen and oxygen atoms in total. The van der Waals surface area contributed by atoms with Gasteiger partial charge < -0.3 is 10.3 Å². The van der Waals surface area contributed by atoms with Gasteiger partial charge in [-0.2, -0.15) is 0 Å². The van der Waals surface area contributed by atoms with E-state index in [1.54, 1.807) is 6.20 Å². The average Bonchev–Trinajstić information content (AvgIpc) is 2.89. The van der Waals surface area contributed by atoms with Crippen LogP contribution in [0.2, 0.25) is 0 Å². The molecule has 1 aliphatic rings. The smallest absolute Gasteiger partial charge is 0.257 e. The zero-order valence-electron chi connectivity index (χ0n) is 12.2. The maximum Gasteiger partial charge on any atom is 0.257 e. The van der Waals surface area contributed by atoms with E-state index in [4.69, 9.17) is 0 Å². The minimum Gasteiger partial charge on any atom is -0.364 e. The summed E-state index contributed by atoms with van der Waals surface area (Å²) in [5, 5.41) is 2.83. The Labute approximate surface area is 123 Å². The second-order valence-corrected chi connectivity index (χ2v) is 6.09. The lowest BCUT2D eigenvalue weighted by Crippen LogP contribution is -2.31. The summed E-state index contributed by atoms with van der Waals surface area (Å²) in [6, 6.07) is 9.25. The van der Waals surface area contributed by atoms with Gasteiger partial charge in [0.2, 0.25) is 0 Å². The first-order valence-electron chi connectivity index (χ1n) is 7.10. The lowest BCUT2D eigenvalue weighted by atomic mass is 9.74. The number of carbonyl (C=O) groups excluding carboxylic acids is 2. The van der Waals surface area contributed by atoms with E-state index in [2.05, 4.69) is 10.3 Å². The Morgan fingerprint density at radius 3 is 2.67 bits per heavy atom. The van der Waals surface area contributed by atoms with Gasteiger partial charge in [-0.05, 0) is 25.0 Å². The topological polar surface area (TPSA) is 62.0 Å². The highest BCUT2D eigenvalue weighted by atomic mass is 16.2. The van der Waals surface area contributed by atoms with Crippen LogP contribution >= 0.6 is 0 Å². The van der Waals surface area contributed by atoms with Crippen molar-refractivity contribution in [3.63, 3.8) is 0 Å². The van der Waals surface area contributed by atoms with Crippen molar-refractivity contribution in [2.45, 2.75) is 26.7 Å². The highest BCUT2D eigenvalue weighted by Crippen LogP contribution is 2.36. The molecule has 1 aromatic heterocycles. The molecule has 0 saturated carbocycles. The Morgan fingerprint density at radius 2 is 1.95 bits per heavy atom. The van der Waals surface area contributed by atoms with Crippen molar-refractivity contribution in [3.8, 4) is 0 Å². The number of aromatic nitrogens is 1. The summed E-state index contributed by atoms with van der Waals surface area (Å²) >= 11 is 0. The number of Topliss-reactive ketones (excluding diaryl/α,β-unsaturated/α-hetero) is 1. The number of carbonyl (C=O) groups is 2. The van der Waals surface area contributed by atoms with E-state index in [-0.39, 0.29) is 11.7 Å². The molecule has 0 saturated heterocycles. The van der Waals surface area contributed by atoms with Gasteiger partial charge in [0.25, 0.3) is 5.91 Å². The number of amides is 1. The number of para-hydroxylation sites is 1. The predicted molar refractivity (Wildman–Crippen MR) is 81.6 cm³/mol. The van der Waals surface area contributed by atoms with Gasteiger partial charge in [0.05, 0.1) is 11.1 Å². The highest BCUT2D eigenvalue weighted by Gasteiger charge is 2.37. The number of ketones is 1. The van der Waals surface area contributed by atoms with Crippen molar-refractivity contribution in [2.24, 2.45) is 5.41 Å².